The van der Waals surface area contributed by atoms with E-state index in [0.717, 1.165) is 40.7 Å². The SMILES string of the molecule is CCNc1nc(N2CCCCCC2)nc(C(C)C)c1I. The van der Waals surface area contributed by atoms with Crippen molar-refractivity contribution in [3.05, 3.63) is 9.26 Å². The van der Waals surface area contributed by atoms with E-state index in [1.54, 1.807) is 0 Å². The molecule has 1 aliphatic rings. The topological polar surface area (TPSA) is 41.1 Å². The van der Waals surface area contributed by atoms with E-state index in [4.69, 9.17) is 9.97 Å². The molecule has 0 aliphatic carbocycles. The van der Waals surface area contributed by atoms with Gasteiger partial charge in [-0.1, -0.05) is 26.7 Å². The second kappa shape index (κ2) is 7.43. The van der Waals surface area contributed by atoms with E-state index >= 15 is 0 Å². The average Bonchev–Trinajstić information content (AvgIpc) is 2.70. The molecular weight excluding hydrogens is 363 g/mol. The largest absolute Gasteiger partial charge is 0.369 e. The zero-order valence-corrected chi connectivity index (χ0v) is 14.9. The standard InChI is InChI=1S/C15H25IN4/c1-4-17-14-12(16)13(11(2)3)18-15(19-14)20-9-7-5-6-8-10-20/h11H,4-10H2,1-3H3,(H,17,18,19). The number of hydrogen-bond acceptors (Lipinski definition) is 4. The molecule has 2 rings (SSSR count). The number of nitrogens with zero attached hydrogens (tertiary/aromatic N) is 3. The highest BCUT2D eigenvalue weighted by molar-refractivity contribution is 14.1. The van der Waals surface area contributed by atoms with Gasteiger partial charge in [0.25, 0.3) is 0 Å². The molecule has 2 heterocycles. The Bertz CT molecular complexity index is 440. The normalized spacial score (nSPS) is 16.4. The molecular formula is C15H25IN4. The lowest BCUT2D eigenvalue weighted by atomic mass is 10.1. The lowest BCUT2D eigenvalue weighted by molar-refractivity contribution is 0.726. The first-order valence-corrected chi connectivity index (χ1v) is 8.77. The number of halogens is 1. The molecule has 0 radical (unpaired) electrons. The van der Waals surface area contributed by atoms with E-state index in [1.165, 1.54) is 25.7 Å². The molecule has 0 atom stereocenters. The Morgan fingerprint density at radius 2 is 1.80 bits per heavy atom. The Balaban J connectivity index is 2.35. The van der Waals surface area contributed by atoms with Crippen LogP contribution in [0.3, 0.4) is 0 Å². The predicted molar refractivity (Wildman–Crippen MR) is 93.7 cm³/mol. The minimum Gasteiger partial charge on any atom is -0.369 e. The fourth-order valence-corrected chi connectivity index (χ4v) is 3.59. The summed E-state index contributed by atoms with van der Waals surface area (Å²) in [7, 11) is 0. The smallest absolute Gasteiger partial charge is 0.227 e. The Kier molecular flexibility index (Phi) is 5.86. The van der Waals surface area contributed by atoms with Crippen molar-refractivity contribution in [3.8, 4) is 0 Å². The maximum absolute atomic E-state index is 4.85. The lowest BCUT2D eigenvalue weighted by Crippen LogP contribution is -2.27. The van der Waals surface area contributed by atoms with Gasteiger partial charge in [-0.2, -0.15) is 4.98 Å². The van der Waals surface area contributed by atoms with Crippen LogP contribution in [-0.2, 0) is 0 Å². The zero-order chi connectivity index (χ0) is 14.5. The molecule has 1 aromatic heterocycles. The maximum atomic E-state index is 4.85. The third kappa shape index (κ3) is 3.74. The Hall–Kier alpha value is -0.590. The number of nitrogens with one attached hydrogen (secondary N) is 1. The monoisotopic (exact) mass is 388 g/mol. The van der Waals surface area contributed by atoms with Crippen molar-refractivity contribution >= 4 is 34.4 Å². The summed E-state index contributed by atoms with van der Waals surface area (Å²) in [4.78, 5) is 12.0. The third-order valence-corrected chi connectivity index (χ3v) is 4.71. The van der Waals surface area contributed by atoms with Gasteiger partial charge in [0.1, 0.15) is 5.82 Å². The molecule has 0 saturated carbocycles. The molecule has 0 aromatic carbocycles. The summed E-state index contributed by atoms with van der Waals surface area (Å²) in [5.74, 6) is 2.33. The van der Waals surface area contributed by atoms with E-state index < -0.39 is 0 Å². The van der Waals surface area contributed by atoms with Crippen molar-refractivity contribution in [2.75, 3.05) is 29.9 Å². The molecule has 1 N–H and O–H groups in total. The van der Waals surface area contributed by atoms with Crippen LogP contribution >= 0.6 is 22.6 Å². The molecule has 1 fully saturated rings. The minimum atomic E-state index is 0.424. The minimum absolute atomic E-state index is 0.424. The van der Waals surface area contributed by atoms with Crippen LogP contribution in [-0.4, -0.2) is 29.6 Å². The van der Waals surface area contributed by atoms with Crippen molar-refractivity contribution in [2.24, 2.45) is 0 Å². The van der Waals surface area contributed by atoms with Crippen molar-refractivity contribution in [1.29, 1.82) is 0 Å². The van der Waals surface area contributed by atoms with Crippen molar-refractivity contribution in [1.82, 2.24) is 9.97 Å². The zero-order valence-electron chi connectivity index (χ0n) is 12.7. The Morgan fingerprint density at radius 3 is 2.35 bits per heavy atom. The fraction of sp³-hybridized carbons (Fsp3) is 0.733. The van der Waals surface area contributed by atoms with Crippen LogP contribution in [0.2, 0.25) is 0 Å². The summed E-state index contributed by atoms with van der Waals surface area (Å²) in [6.45, 7) is 9.58. The van der Waals surface area contributed by atoms with Gasteiger partial charge in [-0.05, 0) is 48.3 Å². The first kappa shape index (κ1) is 15.8. The second-order valence-electron chi connectivity index (χ2n) is 5.66. The number of aromatic nitrogens is 2. The summed E-state index contributed by atoms with van der Waals surface area (Å²) in [6.07, 6.45) is 5.17. The maximum Gasteiger partial charge on any atom is 0.227 e. The van der Waals surface area contributed by atoms with Crippen LogP contribution in [0.4, 0.5) is 11.8 Å². The van der Waals surface area contributed by atoms with Gasteiger partial charge in [-0.3, -0.25) is 0 Å². The molecule has 112 valence electrons. The van der Waals surface area contributed by atoms with E-state index in [9.17, 15) is 0 Å². The van der Waals surface area contributed by atoms with Gasteiger partial charge in [-0.15, -0.1) is 0 Å². The first-order valence-electron chi connectivity index (χ1n) is 7.69. The molecule has 20 heavy (non-hydrogen) atoms. The van der Waals surface area contributed by atoms with Gasteiger partial charge in [0, 0.05) is 19.6 Å². The molecule has 0 bridgehead atoms. The van der Waals surface area contributed by atoms with Crippen molar-refractivity contribution < 1.29 is 0 Å². The van der Waals surface area contributed by atoms with Crippen LogP contribution < -0.4 is 10.2 Å². The molecule has 1 aromatic rings. The lowest BCUT2D eigenvalue weighted by Gasteiger charge is -2.23. The van der Waals surface area contributed by atoms with E-state index in [2.05, 4.69) is 53.6 Å². The molecule has 0 spiro atoms. The van der Waals surface area contributed by atoms with Crippen molar-refractivity contribution in [2.45, 2.75) is 52.4 Å². The van der Waals surface area contributed by atoms with Crippen LogP contribution in [0.5, 0.6) is 0 Å². The fourth-order valence-electron chi connectivity index (χ4n) is 2.53. The molecule has 0 amide bonds. The Labute approximate surface area is 135 Å². The van der Waals surface area contributed by atoms with Crippen LogP contribution in [0, 0.1) is 3.57 Å². The highest BCUT2D eigenvalue weighted by Gasteiger charge is 2.19. The van der Waals surface area contributed by atoms with E-state index in [1.807, 2.05) is 0 Å². The van der Waals surface area contributed by atoms with Crippen LogP contribution in [0.25, 0.3) is 0 Å². The highest BCUT2D eigenvalue weighted by atomic mass is 127. The van der Waals surface area contributed by atoms with Gasteiger partial charge in [0.05, 0.1) is 9.26 Å². The summed E-state index contributed by atoms with van der Waals surface area (Å²) in [5.41, 5.74) is 1.16. The molecule has 5 heteroatoms. The summed E-state index contributed by atoms with van der Waals surface area (Å²) in [5, 5.41) is 3.38. The summed E-state index contributed by atoms with van der Waals surface area (Å²) in [6, 6.07) is 0. The number of hydrogen-bond donors (Lipinski definition) is 1. The van der Waals surface area contributed by atoms with Gasteiger partial charge >= 0.3 is 0 Å². The number of rotatable bonds is 4. The van der Waals surface area contributed by atoms with Crippen molar-refractivity contribution in [3.63, 3.8) is 0 Å². The second-order valence-corrected chi connectivity index (χ2v) is 6.74. The van der Waals surface area contributed by atoms with Crippen LogP contribution in [0.1, 0.15) is 58.1 Å². The Morgan fingerprint density at radius 1 is 1.15 bits per heavy atom. The van der Waals surface area contributed by atoms with Gasteiger partial charge in [0.2, 0.25) is 5.95 Å². The quantitative estimate of drug-likeness (QED) is 0.792. The molecule has 4 nitrogen and oxygen atoms in total. The van der Waals surface area contributed by atoms with E-state index in [-0.39, 0.29) is 0 Å². The van der Waals surface area contributed by atoms with Crippen LogP contribution in [0.15, 0.2) is 0 Å². The van der Waals surface area contributed by atoms with Gasteiger partial charge in [-0.25, -0.2) is 4.98 Å². The highest BCUT2D eigenvalue weighted by Crippen LogP contribution is 2.28. The van der Waals surface area contributed by atoms with Gasteiger partial charge < -0.3 is 10.2 Å². The molecule has 1 aliphatic heterocycles. The molecule has 0 unspecified atom stereocenters. The predicted octanol–water partition coefficient (Wildman–Crippen LogP) is 4.02. The number of anilines is 2. The van der Waals surface area contributed by atoms with Gasteiger partial charge in [0.15, 0.2) is 0 Å². The summed E-state index contributed by atoms with van der Waals surface area (Å²) >= 11 is 2.37. The summed E-state index contributed by atoms with van der Waals surface area (Å²) < 4.78 is 1.16. The van der Waals surface area contributed by atoms with E-state index in [0.29, 0.717) is 5.92 Å². The average molecular weight is 388 g/mol. The first-order chi connectivity index (χ1) is 9.63. The third-order valence-electron chi connectivity index (χ3n) is 3.65. The molecule has 1 saturated heterocycles.